The molecule has 1 atom stereocenters. The maximum Gasteiger partial charge on any atom is 0.433 e. The molecule has 4 nitrogen and oxygen atoms in total. The lowest BCUT2D eigenvalue weighted by molar-refractivity contribution is -0.141. The lowest BCUT2D eigenvalue weighted by atomic mass is 10.0. The van der Waals surface area contributed by atoms with Crippen LogP contribution in [0, 0.1) is 0 Å². The Bertz CT molecular complexity index is 950. The van der Waals surface area contributed by atoms with Gasteiger partial charge in [-0.25, -0.2) is 4.98 Å². The van der Waals surface area contributed by atoms with Gasteiger partial charge < -0.3 is 4.98 Å². The maximum absolute atomic E-state index is 13.1. The summed E-state index contributed by atoms with van der Waals surface area (Å²) in [7, 11) is -1.65. The second kappa shape index (κ2) is 7.87. The van der Waals surface area contributed by atoms with Crippen molar-refractivity contribution in [1.29, 1.82) is 0 Å². The average molecular weight is 392 g/mol. The SMILES string of the molecule is O=c1cc(C(F)(F)F)nc(CS(=O)C(c2ccccc2)c2ccccc2)[nH]1. The Morgan fingerprint density at radius 2 is 1.48 bits per heavy atom. The standard InChI is InChI=1S/C19H15F3N2O2S/c20-19(21,22)15-11-17(25)24-16(23-15)12-27(26)18(13-7-3-1-4-8-13)14-9-5-2-6-10-14/h1-11,18H,12H2,(H,23,24,25). The summed E-state index contributed by atoms with van der Waals surface area (Å²) in [5.74, 6) is -0.571. The van der Waals surface area contributed by atoms with Crippen molar-refractivity contribution in [3.05, 3.63) is 99.7 Å². The number of H-pyrrole nitrogens is 1. The molecule has 3 aromatic rings. The van der Waals surface area contributed by atoms with Gasteiger partial charge in [-0.3, -0.25) is 9.00 Å². The van der Waals surface area contributed by atoms with Gasteiger partial charge in [0.2, 0.25) is 0 Å². The van der Waals surface area contributed by atoms with Crippen LogP contribution in [0.3, 0.4) is 0 Å². The molecule has 0 aliphatic carbocycles. The van der Waals surface area contributed by atoms with Gasteiger partial charge in [0.1, 0.15) is 5.82 Å². The van der Waals surface area contributed by atoms with E-state index in [0.29, 0.717) is 6.07 Å². The van der Waals surface area contributed by atoms with E-state index < -0.39 is 33.5 Å². The third-order valence-corrected chi connectivity index (χ3v) is 5.46. The van der Waals surface area contributed by atoms with Gasteiger partial charge in [0.25, 0.3) is 5.56 Å². The molecule has 0 aliphatic heterocycles. The molecule has 1 unspecified atom stereocenters. The Hall–Kier alpha value is -2.74. The molecule has 3 rings (SSSR count). The van der Waals surface area contributed by atoms with E-state index in [0.717, 1.165) is 11.1 Å². The molecular formula is C19H15F3N2O2S. The number of rotatable bonds is 5. The predicted octanol–water partition coefficient (Wildman–Crippen LogP) is 3.83. The van der Waals surface area contributed by atoms with Gasteiger partial charge in [-0.1, -0.05) is 60.7 Å². The van der Waals surface area contributed by atoms with Crippen LogP contribution in [0.1, 0.15) is 27.9 Å². The van der Waals surface area contributed by atoms with Crippen molar-refractivity contribution in [2.75, 3.05) is 0 Å². The zero-order valence-corrected chi connectivity index (χ0v) is 14.8. The minimum absolute atomic E-state index is 0.259. The minimum Gasteiger partial charge on any atom is -0.310 e. The van der Waals surface area contributed by atoms with E-state index in [1.807, 2.05) is 12.1 Å². The van der Waals surface area contributed by atoms with Crippen molar-refractivity contribution in [3.8, 4) is 0 Å². The second-order valence-electron chi connectivity index (χ2n) is 5.80. The highest BCUT2D eigenvalue weighted by atomic mass is 32.2. The molecule has 27 heavy (non-hydrogen) atoms. The fourth-order valence-electron chi connectivity index (χ4n) is 2.69. The van der Waals surface area contributed by atoms with Crippen LogP contribution < -0.4 is 5.56 Å². The molecule has 0 saturated heterocycles. The number of nitrogens with zero attached hydrogens (tertiary/aromatic N) is 1. The van der Waals surface area contributed by atoms with E-state index in [2.05, 4.69) is 9.97 Å². The average Bonchev–Trinajstić information content (AvgIpc) is 2.62. The maximum atomic E-state index is 13.1. The van der Waals surface area contributed by atoms with E-state index in [1.165, 1.54) is 0 Å². The summed E-state index contributed by atoms with van der Waals surface area (Å²) in [5, 5.41) is -0.563. The summed E-state index contributed by atoms with van der Waals surface area (Å²) in [6, 6.07) is 18.4. The van der Waals surface area contributed by atoms with Crippen molar-refractivity contribution in [1.82, 2.24) is 9.97 Å². The fraction of sp³-hybridized carbons (Fsp3) is 0.158. The van der Waals surface area contributed by atoms with Crippen molar-refractivity contribution in [2.45, 2.75) is 17.2 Å². The van der Waals surface area contributed by atoms with Gasteiger partial charge >= 0.3 is 6.18 Å². The van der Waals surface area contributed by atoms with E-state index >= 15 is 0 Å². The zero-order valence-electron chi connectivity index (χ0n) is 13.9. The quantitative estimate of drug-likeness (QED) is 0.718. The molecule has 0 amide bonds. The number of alkyl halides is 3. The number of hydrogen-bond acceptors (Lipinski definition) is 3. The number of hydrogen-bond donors (Lipinski definition) is 1. The molecule has 0 spiro atoms. The van der Waals surface area contributed by atoms with Crippen LogP contribution in [0.25, 0.3) is 0 Å². The van der Waals surface area contributed by atoms with Gasteiger partial charge in [0, 0.05) is 16.9 Å². The third-order valence-electron chi connectivity index (χ3n) is 3.83. The van der Waals surface area contributed by atoms with E-state index in [4.69, 9.17) is 0 Å². The van der Waals surface area contributed by atoms with Gasteiger partial charge in [-0.15, -0.1) is 0 Å². The number of halogens is 3. The van der Waals surface area contributed by atoms with E-state index in [9.17, 15) is 22.2 Å². The first-order chi connectivity index (χ1) is 12.8. The van der Waals surface area contributed by atoms with E-state index in [-0.39, 0.29) is 11.6 Å². The molecule has 0 saturated carbocycles. The number of benzene rings is 2. The van der Waals surface area contributed by atoms with Crippen LogP contribution in [0.2, 0.25) is 0 Å². The molecule has 0 radical (unpaired) electrons. The molecule has 1 N–H and O–H groups in total. The summed E-state index contributed by atoms with van der Waals surface area (Å²) >= 11 is 0. The van der Waals surface area contributed by atoms with Gasteiger partial charge in [-0.2, -0.15) is 13.2 Å². The van der Waals surface area contributed by atoms with E-state index in [1.54, 1.807) is 48.5 Å². The smallest absolute Gasteiger partial charge is 0.310 e. The van der Waals surface area contributed by atoms with Gasteiger partial charge in [0.05, 0.1) is 11.0 Å². The molecule has 2 aromatic carbocycles. The number of aromatic amines is 1. The summed E-state index contributed by atoms with van der Waals surface area (Å²) in [6.07, 6.45) is -4.75. The third kappa shape index (κ3) is 4.71. The lowest BCUT2D eigenvalue weighted by Gasteiger charge is -2.18. The minimum atomic E-state index is -4.75. The summed E-state index contributed by atoms with van der Waals surface area (Å²) in [6.45, 7) is 0. The molecule has 0 fully saturated rings. The summed E-state index contributed by atoms with van der Waals surface area (Å²) in [5.41, 5.74) is -0.706. The van der Waals surface area contributed by atoms with Crippen LogP contribution in [-0.4, -0.2) is 14.2 Å². The first-order valence-corrected chi connectivity index (χ1v) is 9.37. The zero-order chi connectivity index (χ0) is 19.4. The molecular weight excluding hydrogens is 377 g/mol. The van der Waals surface area contributed by atoms with Crippen molar-refractivity contribution in [2.24, 2.45) is 0 Å². The Morgan fingerprint density at radius 3 is 1.96 bits per heavy atom. The normalized spacial score (nSPS) is 12.9. The predicted molar refractivity (Wildman–Crippen MR) is 96.4 cm³/mol. The fourth-order valence-corrected chi connectivity index (χ4v) is 4.19. The molecule has 140 valence electrons. The molecule has 1 heterocycles. The highest BCUT2D eigenvalue weighted by Gasteiger charge is 2.33. The number of nitrogens with one attached hydrogen (secondary N) is 1. The highest BCUT2D eigenvalue weighted by Crippen LogP contribution is 2.30. The monoisotopic (exact) mass is 392 g/mol. The van der Waals surface area contributed by atoms with Gasteiger partial charge in [0.15, 0.2) is 5.69 Å². The van der Waals surface area contributed by atoms with Crippen LogP contribution >= 0.6 is 0 Å². The molecule has 1 aromatic heterocycles. The molecule has 0 aliphatic rings. The van der Waals surface area contributed by atoms with Crippen LogP contribution in [0.5, 0.6) is 0 Å². The van der Waals surface area contributed by atoms with Crippen molar-refractivity contribution < 1.29 is 17.4 Å². The van der Waals surface area contributed by atoms with Crippen molar-refractivity contribution >= 4 is 10.8 Å². The van der Waals surface area contributed by atoms with Crippen LogP contribution in [0.15, 0.2) is 71.5 Å². The number of aromatic nitrogens is 2. The lowest BCUT2D eigenvalue weighted by Crippen LogP contribution is -2.20. The Balaban J connectivity index is 1.97. The topological polar surface area (TPSA) is 62.8 Å². The molecule has 0 bridgehead atoms. The Morgan fingerprint density at radius 1 is 0.963 bits per heavy atom. The van der Waals surface area contributed by atoms with Crippen molar-refractivity contribution in [3.63, 3.8) is 0 Å². The molecule has 8 heteroatoms. The first-order valence-electron chi connectivity index (χ1n) is 7.99. The Kier molecular flexibility index (Phi) is 5.55. The second-order valence-corrected chi connectivity index (χ2v) is 7.32. The first kappa shape index (κ1) is 19.0. The summed E-state index contributed by atoms with van der Waals surface area (Å²) < 4.78 is 51.7. The largest absolute Gasteiger partial charge is 0.433 e. The van der Waals surface area contributed by atoms with Crippen LogP contribution in [-0.2, 0) is 22.7 Å². The Labute approximate surface area is 155 Å². The summed E-state index contributed by atoms with van der Waals surface area (Å²) in [4.78, 5) is 17.2. The van der Waals surface area contributed by atoms with Crippen LogP contribution in [0.4, 0.5) is 13.2 Å². The van der Waals surface area contributed by atoms with Gasteiger partial charge in [-0.05, 0) is 11.1 Å². The highest BCUT2D eigenvalue weighted by molar-refractivity contribution is 7.84.